The van der Waals surface area contributed by atoms with Gasteiger partial charge in [-0.1, -0.05) is 22.0 Å². The minimum atomic E-state index is -1.12. The molecule has 2 N–H and O–H groups in total. The molecule has 2 aromatic rings. The molecule has 0 radical (unpaired) electrons. The molecule has 0 spiro atoms. The zero-order valence-corrected chi connectivity index (χ0v) is 16.3. The quantitative estimate of drug-likeness (QED) is 0.533. The van der Waals surface area contributed by atoms with Gasteiger partial charge in [0, 0.05) is 15.7 Å². The summed E-state index contributed by atoms with van der Waals surface area (Å²) >= 11 is 3.31. The maximum absolute atomic E-state index is 12.5. The lowest BCUT2D eigenvalue weighted by Gasteiger charge is -2.09. The van der Waals surface area contributed by atoms with Gasteiger partial charge in [0.2, 0.25) is 0 Å². The van der Waals surface area contributed by atoms with Gasteiger partial charge in [-0.3, -0.25) is 4.79 Å². The first kappa shape index (κ1) is 20.2. The fraction of sp³-hybridized carbons (Fsp3) is 0.150. The molecular weight excluding hydrogens is 412 g/mol. The van der Waals surface area contributed by atoms with Gasteiger partial charge in [-0.25, -0.2) is 4.79 Å². The Hall–Kier alpha value is -3.11. The van der Waals surface area contributed by atoms with Crippen molar-refractivity contribution in [1.82, 2.24) is 0 Å². The molecule has 0 aliphatic heterocycles. The van der Waals surface area contributed by atoms with Crippen molar-refractivity contribution < 1.29 is 19.4 Å². The summed E-state index contributed by atoms with van der Waals surface area (Å²) in [7, 11) is 0. The van der Waals surface area contributed by atoms with E-state index in [1.807, 2.05) is 32.0 Å². The first-order valence-electron chi connectivity index (χ1n) is 7.94. The van der Waals surface area contributed by atoms with Crippen molar-refractivity contribution in [2.45, 2.75) is 13.8 Å². The Morgan fingerprint density at radius 1 is 1.22 bits per heavy atom. The molecule has 27 heavy (non-hydrogen) atoms. The zero-order valence-electron chi connectivity index (χ0n) is 14.7. The van der Waals surface area contributed by atoms with Crippen molar-refractivity contribution >= 4 is 39.6 Å². The van der Waals surface area contributed by atoms with Crippen LogP contribution < -0.4 is 10.1 Å². The number of amides is 1. The third-order valence-electron chi connectivity index (χ3n) is 3.75. The summed E-state index contributed by atoms with van der Waals surface area (Å²) in [6.45, 7) is 3.37. The van der Waals surface area contributed by atoms with E-state index in [-0.39, 0.29) is 11.3 Å². The minimum Gasteiger partial charge on any atom is -0.481 e. The molecule has 6 nitrogen and oxygen atoms in total. The van der Waals surface area contributed by atoms with Gasteiger partial charge in [-0.05, 0) is 61.4 Å². The molecule has 0 atom stereocenters. The second kappa shape index (κ2) is 9.01. The predicted molar refractivity (Wildman–Crippen MR) is 105 cm³/mol. The van der Waals surface area contributed by atoms with E-state index < -0.39 is 18.5 Å². The van der Waals surface area contributed by atoms with E-state index in [1.165, 1.54) is 6.08 Å². The van der Waals surface area contributed by atoms with Gasteiger partial charge >= 0.3 is 5.97 Å². The number of carboxylic acids is 1. The number of nitrogens with one attached hydrogen (secondary N) is 1. The summed E-state index contributed by atoms with van der Waals surface area (Å²) < 4.78 is 5.92. The highest BCUT2D eigenvalue weighted by Gasteiger charge is 2.13. The Kier molecular flexibility index (Phi) is 6.74. The molecule has 0 aliphatic rings. The van der Waals surface area contributed by atoms with Crippen LogP contribution >= 0.6 is 15.9 Å². The number of hydrogen-bond acceptors (Lipinski definition) is 4. The number of halogens is 1. The van der Waals surface area contributed by atoms with Crippen molar-refractivity contribution in [3.05, 3.63) is 63.1 Å². The smallest absolute Gasteiger partial charge is 0.341 e. The average Bonchev–Trinajstić information content (AvgIpc) is 2.61. The summed E-state index contributed by atoms with van der Waals surface area (Å²) in [6.07, 6.45) is 1.36. The third kappa shape index (κ3) is 5.69. The lowest BCUT2D eigenvalue weighted by atomic mass is 10.1. The van der Waals surface area contributed by atoms with Gasteiger partial charge < -0.3 is 15.2 Å². The molecule has 1 amide bonds. The van der Waals surface area contributed by atoms with E-state index in [9.17, 15) is 14.9 Å². The minimum absolute atomic E-state index is 0.133. The number of hydrogen-bond donors (Lipinski definition) is 2. The molecular formula is C20H17BrN2O4. The highest BCUT2D eigenvalue weighted by Crippen LogP contribution is 2.26. The standard InChI is InChI=1S/C20H17BrN2O4/c1-12-3-5-17(7-13(12)2)23-20(26)15(10-22)8-14-9-16(21)4-6-18(14)27-11-19(24)25/h3-9H,11H2,1-2H3,(H,23,26)(H,24,25)/b15-8+. The van der Waals surface area contributed by atoms with Crippen LogP contribution in [0.5, 0.6) is 5.75 Å². The van der Waals surface area contributed by atoms with Gasteiger partial charge in [-0.15, -0.1) is 0 Å². The Morgan fingerprint density at radius 3 is 2.59 bits per heavy atom. The first-order chi connectivity index (χ1) is 12.8. The van der Waals surface area contributed by atoms with E-state index >= 15 is 0 Å². The summed E-state index contributed by atoms with van der Waals surface area (Å²) in [4.78, 5) is 23.2. The largest absolute Gasteiger partial charge is 0.481 e. The molecule has 0 saturated carbocycles. The van der Waals surface area contributed by atoms with Crippen molar-refractivity contribution in [2.24, 2.45) is 0 Å². The maximum atomic E-state index is 12.5. The number of ether oxygens (including phenoxy) is 1. The van der Waals surface area contributed by atoms with Crippen molar-refractivity contribution in [2.75, 3.05) is 11.9 Å². The van der Waals surface area contributed by atoms with E-state index in [0.717, 1.165) is 11.1 Å². The van der Waals surface area contributed by atoms with Crippen LogP contribution in [0.3, 0.4) is 0 Å². The van der Waals surface area contributed by atoms with Gasteiger partial charge in [0.1, 0.15) is 17.4 Å². The second-order valence-corrected chi connectivity index (χ2v) is 6.70. The molecule has 138 valence electrons. The van der Waals surface area contributed by atoms with E-state index in [4.69, 9.17) is 9.84 Å². The molecule has 7 heteroatoms. The normalized spacial score (nSPS) is 10.8. The fourth-order valence-corrected chi connectivity index (χ4v) is 2.60. The number of benzene rings is 2. The van der Waals surface area contributed by atoms with Gasteiger partial charge in [0.25, 0.3) is 5.91 Å². The molecule has 0 aliphatic carbocycles. The molecule has 0 bridgehead atoms. The van der Waals surface area contributed by atoms with Crippen LogP contribution in [0.25, 0.3) is 6.08 Å². The van der Waals surface area contributed by atoms with Crippen molar-refractivity contribution in [3.63, 3.8) is 0 Å². The summed E-state index contributed by atoms with van der Waals surface area (Å²) in [5.74, 6) is -1.43. The van der Waals surface area contributed by atoms with Crippen molar-refractivity contribution in [3.8, 4) is 11.8 Å². The van der Waals surface area contributed by atoms with E-state index in [0.29, 0.717) is 15.7 Å². The Labute approximate surface area is 165 Å². The number of nitrogens with zero attached hydrogens (tertiary/aromatic N) is 1. The molecule has 2 rings (SSSR count). The van der Waals surface area contributed by atoms with E-state index in [2.05, 4.69) is 21.2 Å². The Morgan fingerprint density at radius 2 is 1.96 bits per heavy atom. The summed E-state index contributed by atoms with van der Waals surface area (Å²) in [5, 5.41) is 20.9. The van der Waals surface area contributed by atoms with Gasteiger partial charge in [-0.2, -0.15) is 5.26 Å². The number of carbonyl (C=O) groups is 2. The van der Waals surface area contributed by atoms with Gasteiger partial charge in [0.15, 0.2) is 6.61 Å². The van der Waals surface area contributed by atoms with Crippen LogP contribution in [0.1, 0.15) is 16.7 Å². The number of anilines is 1. The lowest BCUT2D eigenvalue weighted by Crippen LogP contribution is -2.14. The molecule has 0 aromatic heterocycles. The van der Waals surface area contributed by atoms with Crippen LogP contribution in [-0.2, 0) is 9.59 Å². The highest BCUT2D eigenvalue weighted by atomic mass is 79.9. The number of aliphatic carboxylic acids is 1. The molecule has 0 unspecified atom stereocenters. The van der Waals surface area contributed by atoms with Crippen LogP contribution in [0.4, 0.5) is 5.69 Å². The van der Waals surface area contributed by atoms with Crippen LogP contribution in [-0.4, -0.2) is 23.6 Å². The van der Waals surface area contributed by atoms with Crippen LogP contribution in [0, 0.1) is 25.2 Å². The number of aryl methyl sites for hydroxylation is 2. The SMILES string of the molecule is Cc1ccc(NC(=O)/C(C#N)=C/c2cc(Br)ccc2OCC(=O)O)cc1C. The number of carboxylic acid groups (broad SMARTS) is 1. The number of carbonyl (C=O) groups excluding carboxylic acids is 1. The predicted octanol–water partition coefficient (Wildman–Crippen LogP) is 4.08. The maximum Gasteiger partial charge on any atom is 0.341 e. The molecule has 2 aromatic carbocycles. The average molecular weight is 429 g/mol. The number of rotatable bonds is 6. The summed E-state index contributed by atoms with van der Waals surface area (Å²) in [6, 6.07) is 12.2. The molecule has 0 saturated heterocycles. The fourth-order valence-electron chi connectivity index (χ4n) is 2.22. The van der Waals surface area contributed by atoms with Crippen molar-refractivity contribution in [1.29, 1.82) is 5.26 Å². The van der Waals surface area contributed by atoms with Crippen LogP contribution in [0.2, 0.25) is 0 Å². The monoisotopic (exact) mass is 428 g/mol. The second-order valence-electron chi connectivity index (χ2n) is 5.79. The Balaban J connectivity index is 2.30. The Bertz CT molecular complexity index is 961. The molecule has 0 fully saturated rings. The topological polar surface area (TPSA) is 99.4 Å². The van der Waals surface area contributed by atoms with E-state index in [1.54, 1.807) is 24.3 Å². The summed E-state index contributed by atoms with van der Waals surface area (Å²) in [5.41, 5.74) is 2.98. The van der Waals surface area contributed by atoms with Gasteiger partial charge in [0.05, 0.1) is 0 Å². The highest BCUT2D eigenvalue weighted by molar-refractivity contribution is 9.10. The molecule has 0 heterocycles. The third-order valence-corrected chi connectivity index (χ3v) is 4.25. The first-order valence-corrected chi connectivity index (χ1v) is 8.74. The van der Waals surface area contributed by atoms with Crippen LogP contribution in [0.15, 0.2) is 46.4 Å². The lowest BCUT2D eigenvalue weighted by molar-refractivity contribution is -0.139. The number of nitriles is 1. The zero-order chi connectivity index (χ0) is 20.0.